The summed E-state index contributed by atoms with van der Waals surface area (Å²) < 4.78 is 11.4. The van der Waals surface area contributed by atoms with Gasteiger partial charge in [-0.3, -0.25) is 0 Å². The highest BCUT2D eigenvalue weighted by Crippen LogP contribution is 2.45. The molecule has 0 amide bonds. The Kier molecular flexibility index (Phi) is 5.83. The molecule has 0 atom stereocenters. The Morgan fingerprint density at radius 3 is 1.94 bits per heavy atom. The van der Waals surface area contributed by atoms with E-state index in [-0.39, 0.29) is 0 Å². The van der Waals surface area contributed by atoms with Crippen LogP contribution in [0, 0.1) is 0 Å². The van der Waals surface area contributed by atoms with Gasteiger partial charge in [-0.1, -0.05) is 97.1 Å². The van der Waals surface area contributed by atoms with E-state index < -0.39 is 0 Å². The number of para-hydroxylation sites is 3. The second-order valence-corrected chi connectivity index (χ2v) is 14.0. The maximum absolute atomic E-state index is 6.42. The van der Waals surface area contributed by atoms with E-state index in [0.29, 0.717) is 0 Å². The highest BCUT2D eigenvalue weighted by Gasteiger charge is 2.20. The van der Waals surface area contributed by atoms with E-state index in [2.05, 4.69) is 167 Å². The number of anilines is 3. The van der Waals surface area contributed by atoms with Gasteiger partial charge in [0.2, 0.25) is 0 Å². The zero-order valence-corrected chi connectivity index (χ0v) is 27.7. The number of thiophene rings is 1. The zero-order valence-electron chi connectivity index (χ0n) is 26.9. The second kappa shape index (κ2) is 10.6. The Bertz CT molecular complexity index is 3110. The van der Waals surface area contributed by atoms with Gasteiger partial charge in [0, 0.05) is 70.5 Å². The molecule has 0 bridgehead atoms. The average molecular weight is 657 g/mol. The maximum Gasteiger partial charge on any atom is 0.137 e. The van der Waals surface area contributed by atoms with Crippen molar-refractivity contribution in [1.82, 2.24) is 4.57 Å². The molecule has 8 aromatic carbocycles. The van der Waals surface area contributed by atoms with Crippen molar-refractivity contribution in [3.05, 3.63) is 170 Å². The fraction of sp³-hybridized carbons (Fsp3) is 0. The van der Waals surface area contributed by atoms with Crippen LogP contribution in [0.25, 0.3) is 80.4 Å². The molecule has 0 aliphatic carbocycles. The van der Waals surface area contributed by atoms with Gasteiger partial charge in [-0.15, -0.1) is 11.3 Å². The predicted octanol–water partition coefficient (Wildman–Crippen LogP) is 13.7. The largest absolute Gasteiger partial charge is 0.456 e. The van der Waals surface area contributed by atoms with Gasteiger partial charge in [-0.2, -0.15) is 0 Å². The zero-order chi connectivity index (χ0) is 32.8. The summed E-state index contributed by atoms with van der Waals surface area (Å²) in [4.78, 5) is 2.38. The Balaban J connectivity index is 1.18. The molecule has 0 saturated heterocycles. The summed E-state index contributed by atoms with van der Waals surface area (Å²) in [7, 11) is 0. The van der Waals surface area contributed by atoms with Crippen LogP contribution in [0.4, 0.5) is 17.1 Å². The molecule has 3 heterocycles. The molecular weight excluding hydrogens is 629 g/mol. The summed E-state index contributed by atoms with van der Waals surface area (Å²) in [6.07, 6.45) is 0. The predicted molar refractivity (Wildman–Crippen MR) is 213 cm³/mol. The summed E-state index contributed by atoms with van der Waals surface area (Å²) in [5.74, 6) is 0. The van der Waals surface area contributed by atoms with E-state index in [1.807, 2.05) is 23.5 Å². The SMILES string of the molecule is c1ccc(-n2c3ccccc3c3ccc(N(c4ccc5c(c4)oc4ccccc45)c4ccc5c(c4)sc4ccc6ccccc6c45)cc32)cc1. The number of nitrogens with zero attached hydrogens (tertiary/aromatic N) is 2. The normalized spacial score (nSPS) is 12.0. The van der Waals surface area contributed by atoms with Crippen LogP contribution < -0.4 is 4.90 Å². The monoisotopic (exact) mass is 656 g/mol. The van der Waals surface area contributed by atoms with E-state index in [1.54, 1.807) is 0 Å². The minimum atomic E-state index is 0.877. The molecule has 0 aliphatic heterocycles. The van der Waals surface area contributed by atoms with E-state index in [9.17, 15) is 0 Å². The first-order chi connectivity index (χ1) is 24.8. The van der Waals surface area contributed by atoms with Crippen molar-refractivity contribution in [2.24, 2.45) is 0 Å². The number of benzene rings is 8. The highest BCUT2D eigenvalue weighted by molar-refractivity contribution is 7.26. The second-order valence-electron chi connectivity index (χ2n) is 12.9. The molecule has 4 heteroatoms. The fourth-order valence-corrected chi connectivity index (χ4v) is 9.08. The standard InChI is InChI=1S/C46H28N2OS/c1-2-11-30(12-3-1)48-40-16-8-6-14-35(40)36-22-19-31(26-41(36)48)47(32-20-23-38-37-15-7-9-17-42(37)49-43(38)27-32)33-21-24-39-45(28-33)50-44-25-18-29-10-4-5-13-34(29)46(39)44/h1-28H. The molecule has 234 valence electrons. The van der Waals surface area contributed by atoms with Crippen LogP contribution in [0.5, 0.6) is 0 Å². The van der Waals surface area contributed by atoms with Crippen molar-refractivity contribution in [3.8, 4) is 5.69 Å². The van der Waals surface area contributed by atoms with Crippen molar-refractivity contribution < 1.29 is 4.42 Å². The Morgan fingerprint density at radius 2 is 1.06 bits per heavy atom. The molecule has 3 aromatic heterocycles. The molecule has 0 radical (unpaired) electrons. The first-order valence-electron chi connectivity index (χ1n) is 16.9. The first kappa shape index (κ1) is 27.6. The number of hydrogen-bond acceptors (Lipinski definition) is 3. The van der Waals surface area contributed by atoms with Gasteiger partial charge in [0.15, 0.2) is 0 Å². The molecule has 0 saturated carbocycles. The molecule has 3 nitrogen and oxygen atoms in total. The highest BCUT2D eigenvalue weighted by atomic mass is 32.1. The Morgan fingerprint density at radius 1 is 0.420 bits per heavy atom. The summed E-state index contributed by atoms with van der Waals surface area (Å²) in [5, 5.41) is 9.92. The molecule has 0 unspecified atom stereocenters. The van der Waals surface area contributed by atoms with Crippen LogP contribution in [0.3, 0.4) is 0 Å². The molecule has 0 N–H and O–H groups in total. The minimum Gasteiger partial charge on any atom is -0.456 e. The van der Waals surface area contributed by atoms with Crippen LogP contribution >= 0.6 is 11.3 Å². The number of aromatic nitrogens is 1. The summed E-state index contributed by atoms with van der Waals surface area (Å²) in [6.45, 7) is 0. The average Bonchev–Trinajstić information content (AvgIpc) is 3.84. The first-order valence-corrected chi connectivity index (χ1v) is 17.7. The van der Waals surface area contributed by atoms with Crippen LogP contribution in [0.2, 0.25) is 0 Å². The molecular formula is C46H28N2OS. The lowest BCUT2D eigenvalue weighted by Crippen LogP contribution is -2.10. The van der Waals surface area contributed by atoms with Crippen molar-refractivity contribution in [1.29, 1.82) is 0 Å². The summed E-state index contributed by atoms with van der Waals surface area (Å²) in [6, 6.07) is 61.3. The topological polar surface area (TPSA) is 21.3 Å². The molecule has 0 fully saturated rings. The van der Waals surface area contributed by atoms with Crippen molar-refractivity contribution >= 4 is 103 Å². The number of furan rings is 1. The van der Waals surface area contributed by atoms with E-state index >= 15 is 0 Å². The number of fused-ring (bicyclic) bond motifs is 11. The minimum absolute atomic E-state index is 0.877. The lowest BCUT2D eigenvalue weighted by molar-refractivity contribution is 0.669. The molecule has 11 aromatic rings. The number of rotatable bonds is 4. The van der Waals surface area contributed by atoms with Crippen molar-refractivity contribution in [2.45, 2.75) is 0 Å². The molecule has 0 spiro atoms. The molecule has 11 rings (SSSR count). The van der Waals surface area contributed by atoms with Gasteiger partial charge >= 0.3 is 0 Å². The summed E-state index contributed by atoms with van der Waals surface area (Å²) in [5.41, 5.74) is 8.51. The molecule has 50 heavy (non-hydrogen) atoms. The third-order valence-electron chi connectivity index (χ3n) is 10.2. The maximum atomic E-state index is 6.42. The lowest BCUT2D eigenvalue weighted by atomic mass is 10.0. The van der Waals surface area contributed by atoms with Crippen LogP contribution in [0.1, 0.15) is 0 Å². The Hall–Kier alpha value is -6.36. The smallest absolute Gasteiger partial charge is 0.137 e. The van der Waals surface area contributed by atoms with Gasteiger partial charge in [0.1, 0.15) is 11.2 Å². The van der Waals surface area contributed by atoms with Gasteiger partial charge in [-0.05, 0) is 77.5 Å². The van der Waals surface area contributed by atoms with Crippen LogP contribution in [-0.4, -0.2) is 4.57 Å². The van der Waals surface area contributed by atoms with E-state index in [0.717, 1.165) is 44.7 Å². The lowest BCUT2D eigenvalue weighted by Gasteiger charge is -2.26. The quantitative estimate of drug-likeness (QED) is 0.188. The van der Waals surface area contributed by atoms with Crippen molar-refractivity contribution in [2.75, 3.05) is 4.90 Å². The van der Waals surface area contributed by atoms with E-state index in [1.165, 1.54) is 52.8 Å². The van der Waals surface area contributed by atoms with Crippen molar-refractivity contribution in [3.63, 3.8) is 0 Å². The van der Waals surface area contributed by atoms with Gasteiger partial charge in [-0.25, -0.2) is 0 Å². The van der Waals surface area contributed by atoms with Crippen LogP contribution in [0.15, 0.2) is 174 Å². The van der Waals surface area contributed by atoms with Gasteiger partial charge < -0.3 is 13.9 Å². The van der Waals surface area contributed by atoms with E-state index in [4.69, 9.17) is 4.42 Å². The fourth-order valence-electron chi connectivity index (χ4n) is 7.93. The Labute approximate surface area is 291 Å². The molecule has 0 aliphatic rings. The van der Waals surface area contributed by atoms with Gasteiger partial charge in [0.05, 0.1) is 11.0 Å². The third kappa shape index (κ3) is 4.03. The van der Waals surface area contributed by atoms with Crippen LogP contribution in [-0.2, 0) is 0 Å². The summed E-state index contributed by atoms with van der Waals surface area (Å²) >= 11 is 1.86. The number of hydrogen-bond donors (Lipinski definition) is 0. The third-order valence-corrected chi connectivity index (χ3v) is 11.3. The van der Waals surface area contributed by atoms with Gasteiger partial charge in [0.25, 0.3) is 0 Å².